The van der Waals surface area contributed by atoms with E-state index in [1.807, 2.05) is 0 Å². The topological polar surface area (TPSA) is 160 Å². The molecule has 0 spiro atoms. The molecule has 0 saturated carbocycles. The van der Waals surface area contributed by atoms with Gasteiger partial charge in [-0.05, 0) is 42.5 Å². The molecule has 0 bridgehead atoms. The number of amides is 2. The number of benzene rings is 2. The lowest BCUT2D eigenvalue weighted by molar-refractivity contribution is -0.383. The molecular formula is C19H14BrCl2N7O5. The quantitative estimate of drug-likeness (QED) is 0.222. The number of anilines is 2. The van der Waals surface area contributed by atoms with E-state index in [4.69, 9.17) is 27.9 Å². The number of rotatable bonds is 9. The van der Waals surface area contributed by atoms with E-state index in [9.17, 15) is 19.7 Å². The average Bonchev–Trinajstić information content (AvgIpc) is 2.80. The van der Waals surface area contributed by atoms with Gasteiger partial charge in [-0.15, -0.1) is 0 Å². The van der Waals surface area contributed by atoms with Crippen LogP contribution in [0.3, 0.4) is 0 Å². The van der Waals surface area contributed by atoms with Crippen molar-refractivity contribution in [3.8, 4) is 5.75 Å². The van der Waals surface area contributed by atoms with Crippen LogP contribution in [-0.4, -0.2) is 33.3 Å². The highest BCUT2D eigenvalue weighted by Crippen LogP contribution is 2.28. The first-order valence-corrected chi connectivity index (χ1v) is 10.7. The van der Waals surface area contributed by atoms with E-state index in [-0.39, 0.29) is 22.4 Å². The third kappa shape index (κ3) is 6.66. The molecule has 0 aliphatic carbocycles. The van der Waals surface area contributed by atoms with Gasteiger partial charge in [0.05, 0.1) is 9.95 Å². The second kappa shape index (κ2) is 11.4. The van der Waals surface area contributed by atoms with Crippen molar-refractivity contribution >= 4 is 68.3 Å². The summed E-state index contributed by atoms with van der Waals surface area (Å²) >= 11 is 15.0. The summed E-state index contributed by atoms with van der Waals surface area (Å²) in [6.45, 7) is -0.457. The van der Waals surface area contributed by atoms with Gasteiger partial charge in [0, 0.05) is 15.1 Å². The van der Waals surface area contributed by atoms with E-state index in [1.165, 1.54) is 18.2 Å². The molecule has 1 aromatic heterocycles. The number of hydrogen-bond acceptors (Lipinski definition) is 9. The zero-order chi connectivity index (χ0) is 24.7. The molecule has 34 heavy (non-hydrogen) atoms. The fourth-order valence-electron chi connectivity index (χ4n) is 2.42. The lowest BCUT2D eigenvalue weighted by Gasteiger charge is -2.12. The predicted molar refractivity (Wildman–Crippen MR) is 128 cm³/mol. The van der Waals surface area contributed by atoms with Crippen molar-refractivity contribution in [2.75, 3.05) is 17.5 Å². The molecule has 0 radical (unpaired) electrons. The molecule has 0 aliphatic rings. The maximum atomic E-state index is 12.2. The highest BCUT2D eigenvalue weighted by atomic mass is 79.9. The summed E-state index contributed by atoms with van der Waals surface area (Å²) in [6, 6.07) is 10.9. The summed E-state index contributed by atoms with van der Waals surface area (Å²) in [5.74, 6) is -1.66. The Morgan fingerprint density at radius 1 is 1.03 bits per heavy atom. The summed E-state index contributed by atoms with van der Waals surface area (Å²) in [4.78, 5) is 42.6. The van der Waals surface area contributed by atoms with E-state index >= 15 is 0 Å². The van der Waals surface area contributed by atoms with Gasteiger partial charge in [-0.2, -0.15) is 0 Å². The van der Waals surface area contributed by atoms with Crippen LogP contribution in [0.1, 0.15) is 10.4 Å². The molecule has 0 fully saturated rings. The van der Waals surface area contributed by atoms with Crippen molar-refractivity contribution < 1.29 is 19.2 Å². The Balaban J connectivity index is 1.62. The molecular weight excluding hydrogens is 557 g/mol. The first-order chi connectivity index (χ1) is 16.2. The monoisotopic (exact) mass is 569 g/mol. The molecule has 0 saturated heterocycles. The minimum absolute atomic E-state index is 0.209. The molecule has 0 atom stereocenters. The number of hydrazine groups is 2. The lowest BCUT2D eigenvalue weighted by Crippen LogP contribution is -2.34. The zero-order valence-corrected chi connectivity index (χ0v) is 19.9. The second-order valence-electron chi connectivity index (χ2n) is 6.30. The van der Waals surface area contributed by atoms with Crippen LogP contribution in [0.25, 0.3) is 0 Å². The van der Waals surface area contributed by atoms with Crippen LogP contribution in [0.5, 0.6) is 5.75 Å². The van der Waals surface area contributed by atoms with E-state index in [0.29, 0.717) is 10.6 Å². The number of carbonyl (C=O) groups is 2. The number of carbonyl (C=O) groups excluding carboxylic acids is 2. The van der Waals surface area contributed by atoms with Crippen LogP contribution in [0, 0.1) is 10.1 Å². The van der Waals surface area contributed by atoms with Gasteiger partial charge in [-0.3, -0.25) is 41.4 Å². The highest BCUT2D eigenvalue weighted by Gasteiger charge is 2.24. The van der Waals surface area contributed by atoms with Crippen molar-refractivity contribution in [1.82, 2.24) is 20.8 Å². The first kappa shape index (κ1) is 25.0. The van der Waals surface area contributed by atoms with Crippen molar-refractivity contribution in [3.05, 3.63) is 79.0 Å². The van der Waals surface area contributed by atoms with E-state index in [0.717, 1.165) is 10.8 Å². The van der Waals surface area contributed by atoms with Crippen LogP contribution >= 0.6 is 39.1 Å². The van der Waals surface area contributed by atoms with Gasteiger partial charge in [0.2, 0.25) is 11.6 Å². The Morgan fingerprint density at radius 3 is 2.29 bits per heavy atom. The molecule has 3 aromatic rings. The number of nitro groups is 1. The molecule has 12 nitrogen and oxygen atoms in total. The number of hydrogen-bond donors (Lipinski definition) is 4. The van der Waals surface area contributed by atoms with Gasteiger partial charge in [0.15, 0.2) is 6.61 Å². The van der Waals surface area contributed by atoms with Gasteiger partial charge in [-0.25, -0.2) is 9.97 Å². The normalized spacial score (nSPS) is 10.2. The third-order valence-corrected chi connectivity index (χ3v) is 5.04. The molecule has 2 aromatic carbocycles. The Hall–Kier alpha value is -3.68. The van der Waals surface area contributed by atoms with Gasteiger partial charge in [0.1, 0.15) is 12.1 Å². The lowest BCUT2D eigenvalue weighted by atomic mass is 10.2. The number of nitrogens with one attached hydrogen (secondary N) is 4. The van der Waals surface area contributed by atoms with Gasteiger partial charge in [-0.1, -0.05) is 39.1 Å². The van der Waals surface area contributed by atoms with Crippen LogP contribution < -0.4 is 26.4 Å². The molecule has 2 amide bonds. The maximum Gasteiger partial charge on any atom is 0.356 e. The standard InChI is InChI=1S/C19H14BrCl2N7O5/c20-11-3-1-10(2-4-11)19(31)28-27-18-16(29(32)33)17(23-9-24-18)26-25-15(30)8-34-14-6-5-12(21)7-13(14)22/h1-7,9H,8H2,(H,25,30)(H,28,31)(H2,23,24,26,27). The van der Waals surface area contributed by atoms with Gasteiger partial charge in [0.25, 0.3) is 11.8 Å². The largest absolute Gasteiger partial charge is 0.482 e. The summed E-state index contributed by atoms with van der Waals surface area (Å²) in [5, 5.41) is 12.2. The fourth-order valence-corrected chi connectivity index (χ4v) is 3.15. The summed E-state index contributed by atoms with van der Waals surface area (Å²) in [7, 11) is 0. The molecule has 0 aliphatic heterocycles. The van der Waals surface area contributed by atoms with Crippen LogP contribution in [0.2, 0.25) is 10.0 Å². The Labute approximate surface area is 210 Å². The van der Waals surface area contributed by atoms with Crippen LogP contribution in [-0.2, 0) is 4.79 Å². The highest BCUT2D eigenvalue weighted by molar-refractivity contribution is 9.10. The molecule has 176 valence electrons. The Kier molecular flexibility index (Phi) is 8.40. The van der Waals surface area contributed by atoms with Crippen molar-refractivity contribution in [2.45, 2.75) is 0 Å². The number of aromatic nitrogens is 2. The van der Waals surface area contributed by atoms with E-state index in [1.54, 1.807) is 24.3 Å². The fraction of sp³-hybridized carbons (Fsp3) is 0.0526. The van der Waals surface area contributed by atoms with Crippen LogP contribution in [0.4, 0.5) is 17.3 Å². The van der Waals surface area contributed by atoms with Gasteiger partial charge < -0.3 is 4.74 Å². The maximum absolute atomic E-state index is 12.2. The average molecular weight is 571 g/mol. The van der Waals surface area contributed by atoms with E-state index < -0.39 is 29.0 Å². The third-order valence-electron chi connectivity index (χ3n) is 3.98. The zero-order valence-electron chi connectivity index (χ0n) is 16.8. The molecule has 3 rings (SSSR count). The smallest absolute Gasteiger partial charge is 0.356 e. The number of ether oxygens (including phenoxy) is 1. The van der Waals surface area contributed by atoms with Crippen molar-refractivity contribution in [3.63, 3.8) is 0 Å². The molecule has 4 N–H and O–H groups in total. The van der Waals surface area contributed by atoms with Crippen molar-refractivity contribution in [1.29, 1.82) is 0 Å². The Bertz CT molecular complexity index is 1230. The molecule has 1 heterocycles. The second-order valence-corrected chi connectivity index (χ2v) is 8.06. The van der Waals surface area contributed by atoms with E-state index in [2.05, 4.69) is 47.6 Å². The summed E-state index contributed by atoms with van der Waals surface area (Å²) in [5.41, 5.74) is 8.94. The predicted octanol–water partition coefficient (Wildman–Crippen LogP) is 3.73. The minimum atomic E-state index is -0.785. The van der Waals surface area contributed by atoms with Gasteiger partial charge >= 0.3 is 5.69 Å². The SMILES string of the molecule is O=C(COc1ccc(Cl)cc1Cl)NNc1ncnc(NNC(=O)c2ccc(Br)cc2)c1[N+](=O)[O-]. The van der Waals surface area contributed by atoms with Crippen molar-refractivity contribution in [2.24, 2.45) is 0 Å². The number of nitrogens with zero attached hydrogens (tertiary/aromatic N) is 3. The first-order valence-electron chi connectivity index (χ1n) is 9.18. The summed E-state index contributed by atoms with van der Waals surface area (Å²) in [6.07, 6.45) is 1.000. The summed E-state index contributed by atoms with van der Waals surface area (Å²) < 4.78 is 6.07. The molecule has 15 heteroatoms. The number of halogens is 3. The van der Waals surface area contributed by atoms with Crippen LogP contribution in [0.15, 0.2) is 53.3 Å². The minimum Gasteiger partial charge on any atom is -0.482 e. The molecule has 0 unspecified atom stereocenters. The Morgan fingerprint density at radius 2 is 1.68 bits per heavy atom.